The average Bonchev–Trinajstić information content (AvgIpc) is 2.83. The fraction of sp³-hybridized carbons (Fsp3) is 0.176. The van der Waals surface area contributed by atoms with Crippen molar-refractivity contribution in [3.63, 3.8) is 0 Å². The van der Waals surface area contributed by atoms with Gasteiger partial charge in [0.1, 0.15) is 6.04 Å². The van der Waals surface area contributed by atoms with Gasteiger partial charge >= 0.3 is 0 Å². The van der Waals surface area contributed by atoms with Gasteiger partial charge in [-0.05, 0) is 37.1 Å². The molecule has 1 heterocycles. The molecular formula is C17H16N2O. The zero-order valence-electron chi connectivity index (χ0n) is 11.6. The Morgan fingerprint density at radius 2 is 1.90 bits per heavy atom. The lowest BCUT2D eigenvalue weighted by molar-refractivity contribution is -0.118. The maximum absolute atomic E-state index is 12.1. The van der Waals surface area contributed by atoms with Gasteiger partial charge in [0.25, 0.3) is 0 Å². The van der Waals surface area contributed by atoms with E-state index >= 15 is 0 Å². The van der Waals surface area contributed by atoms with Crippen LogP contribution in [0.3, 0.4) is 0 Å². The van der Waals surface area contributed by atoms with Gasteiger partial charge < -0.3 is 4.57 Å². The minimum atomic E-state index is -0.316. The third kappa shape index (κ3) is 2.11. The van der Waals surface area contributed by atoms with Crippen molar-refractivity contribution in [1.29, 1.82) is 0 Å². The average molecular weight is 264 g/mol. The number of carbonyl (C=O) groups excluding carboxylic acids is 1. The number of hydrogen-bond donors (Lipinski definition) is 0. The zero-order valence-corrected chi connectivity index (χ0v) is 11.6. The van der Waals surface area contributed by atoms with Crippen molar-refractivity contribution >= 4 is 16.8 Å². The zero-order chi connectivity index (χ0) is 14.1. The van der Waals surface area contributed by atoms with Crippen LogP contribution in [0.5, 0.6) is 0 Å². The maximum atomic E-state index is 12.1. The van der Waals surface area contributed by atoms with Gasteiger partial charge in [0.15, 0.2) is 5.78 Å². The molecule has 20 heavy (non-hydrogen) atoms. The standard InChI is InChI=1S/C17H16N2O/c1-12-8-9-16-15(10-12)18-11-19(16)17(13(2)20)14-6-4-3-5-7-14/h3-11,17H,1-2H3. The van der Waals surface area contributed by atoms with Gasteiger partial charge in [-0.25, -0.2) is 4.98 Å². The van der Waals surface area contributed by atoms with E-state index in [9.17, 15) is 4.79 Å². The van der Waals surface area contributed by atoms with Crippen molar-refractivity contribution in [1.82, 2.24) is 9.55 Å². The molecule has 3 nitrogen and oxygen atoms in total. The van der Waals surface area contributed by atoms with Crippen LogP contribution in [0.1, 0.15) is 24.1 Å². The van der Waals surface area contributed by atoms with E-state index in [1.165, 1.54) is 5.56 Å². The number of fused-ring (bicyclic) bond motifs is 1. The molecular weight excluding hydrogens is 248 g/mol. The van der Waals surface area contributed by atoms with Gasteiger partial charge in [-0.1, -0.05) is 36.4 Å². The highest BCUT2D eigenvalue weighted by molar-refractivity contribution is 5.86. The van der Waals surface area contributed by atoms with Crippen LogP contribution in [0.15, 0.2) is 54.9 Å². The summed E-state index contributed by atoms with van der Waals surface area (Å²) in [6, 6.07) is 15.6. The van der Waals surface area contributed by atoms with Crippen molar-refractivity contribution < 1.29 is 4.79 Å². The highest BCUT2D eigenvalue weighted by Crippen LogP contribution is 2.25. The third-order valence-electron chi connectivity index (χ3n) is 3.51. The topological polar surface area (TPSA) is 34.9 Å². The molecule has 3 heteroatoms. The van der Waals surface area contributed by atoms with Crippen LogP contribution < -0.4 is 0 Å². The molecule has 1 unspecified atom stereocenters. The SMILES string of the molecule is CC(=O)C(c1ccccc1)n1cnc2cc(C)ccc21. The highest BCUT2D eigenvalue weighted by atomic mass is 16.1. The number of aromatic nitrogens is 2. The van der Waals surface area contributed by atoms with Gasteiger partial charge in [-0.3, -0.25) is 4.79 Å². The summed E-state index contributed by atoms with van der Waals surface area (Å²) in [4.78, 5) is 16.5. The van der Waals surface area contributed by atoms with Crippen molar-refractivity contribution in [2.75, 3.05) is 0 Å². The van der Waals surface area contributed by atoms with E-state index in [4.69, 9.17) is 0 Å². The smallest absolute Gasteiger partial charge is 0.157 e. The number of rotatable bonds is 3. The first kappa shape index (κ1) is 12.6. The molecule has 0 saturated heterocycles. The predicted molar refractivity (Wildman–Crippen MR) is 79.7 cm³/mol. The summed E-state index contributed by atoms with van der Waals surface area (Å²) in [6.45, 7) is 3.66. The van der Waals surface area contributed by atoms with E-state index in [0.29, 0.717) is 0 Å². The Balaban J connectivity index is 2.18. The lowest BCUT2D eigenvalue weighted by Gasteiger charge is -2.17. The molecule has 0 aliphatic carbocycles. The second-order valence-electron chi connectivity index (χ2n) is 5.07. The minimum Gasteiger partial charge on any atom is -0.316 e. The number of ketones is 1. The lowest BCUT2D eigenvalue weighted by Crippen LogP contribution is -2.17. The fourth-order valence-electron chi connectivity index (χ4n) is 2.57. The summed E-state index contributed by atoms with van der Waals surface area (Å²) in [5.41, 5.74) is 4.06. The van der Waals surface area contributed by atoms with E-state index in [1.807, 2.05) is 60.0 Å². The van der Waals surface area contributed by atoms with Crippen LogP contribution in [0.25, 0.3) is 11.0 Å². The third-order valence-corrected chi connectivity index (χ3v) is 3.51. The highest BCUT2D eigenvalue weighted by Gasteiger charge is 2.20. The van der Waals surface area contributed by atoms with Gasteiger partial charge in [0.05, 0.1) is 17.4 Å². The summed E-state index contributed by atoms with van der Waals surface area (Å²) < 4.78 is 1.95. The monoisotopic (exact) mass is 264 g/mol. The molecule has 1 aromatic heterocycles. The number of benzene rings is 2. The minimum absolute atomic E-state index is 0.107. The molecule has 0 bridgehead atoms. The number of aryl methyl sites for hydroxylation is 1. The van der Waals surface area contributed by atoms with Crippen molar-refractivity contribution in [3.05, 3.63) is 66.0 Å². The van der Waals surface area contributed by atoms with Crippen molar-refractivity contribution in [2.24, 2.45) is 0 Å². The van der Waals surface area contributed by atoms with Gasteiger partial charge in [0.2, 0.25) is 0 Å². The molecule has 0 spiro atoms. The number of hydrogen-bond acceptors (Lipinski definition) is 2. The van der Waals surface area contributed by atoms with E-state index < -0.39 is 0 Å². The first-order chi connectivity index (χ1) is 9.66. The van der Waals surface area contributed by atoms with Crippen LogP contribution >= 0.6 is 0 Å². The Labute approximate surface area is 117 Å². The van der Waals surface area contributed by atoms with E-state index in [0.717, 1.165) is 16.6 Å². The fourth-order valence-corrected chi connectivity index (χ4v) is 2.57. The van der Waals surface area contributed by atoms with Gasteiger partial charge in [-0.2, -0.15) is 0 Å². The first-order valence-electron chi connectivity index (χ1n) is 6.65. The van der Waals surface area contributed by atoms with Crippen LogP contribution in [-0.2, 0) is 4.79 Å². The maximum Gasteiger partial charge on any atom is 0.157 e. The van der Waals surface area contributed by atoms with Gasteiger partial charge in [-0.15, -0.1) is 0 Å². The molecule has 0 aliphatic heterocycles. The Bertz CT molecular complexity index is 759. The van der Waals surface area contributed by atoms with Gasteiger partial charge in [0, 0.05) is 0 Å². The van der Waals surface area contributed by atoms with Crippen LogP contribution in [-0.4, -0.2) is 15.3 Å². The van der Waals surface area contributed by atoms with Crippen LogP contribution in [0.4, 0.5) is 0 Å². The molecule has 3 aromatic rings. The van der Waals surface area contributed by atoms with Crippen LogP contribution in [0, 0.1) is 6.92 Å². The number of Topliss-reactive ketones (excluding diaryl/α,β-unsaturated/α-hetero) is 1. The predicted octanol–water partition coefficient (Wildman–Crippen LogP) is 3.52. The Kier molecular flexibility index (Phi) is 3.11. The molecule has 0 saturated carbocycles. The van der Waals surface area contributed by atoms with Crippen LogP contribution in [0.2, 0.25) is 0 Å². The molecule has 0 fully saturated rings. The quantitative estimate of drug-likeness (QED) is 0.725. The second-order valence-corrected chi connectivity index (χ2v) is 5.07. The second kappa shape index (κ2) is 4.93. The van der Waals surface area contributed by atoms with E-state index in [-0.39, 0.29) is 11.8 Å². The van der Waals surface area contributed by atoms with Crippen molar-refractivity contribution in [3.8, 4) is 0 Å². The normalized spacial score (nSPS) is 12.5. The summed E-state index contributed by atoms with van der Waals surface area (Å²) in [6.07, 6.45) is 1.75. The molecule has 2 aromatic carbocycles. The molecule has 0 radical (unpaired) electrons. The molecule has 100 valence electrons. The van der Waals surface area contributed by atoms with Crippen molar-refractivity contribution in [2.45, 2.75) is 19.9 Å². The lowest BCUT2D eigenvalue weighted by atomic mass is 10.0. The molecule has 1 atom stereocenters. The number of imidazole rings is 1. The van der Waals surface area contributed by atoms with E-state index in [1.54, 1.807) is 13.3 Å². The Morgan fingerprint density at radius 1 is 1.15 bits per heavy atom. The number of carbonyl (C=O) groups is 1. The molecule has 3 rings (SSSR count). The molecule has 0 aliphatic rings. The molecule has 0 N–H and O–H groups in total. The summed E-state index contributed by atoms with van der Waals surface area (Å²) in [5, 5.41) is 0. The summed E-state index contributed by atoms with van der Waals surface area (Å²) in [5.74, 6) is 0.107. The molecule has 0 amide bonds. The summed E-state index contributed by atoms with van der Waals surface area (Å²) >= 11 is 0. The first-order valence-corrected chi connectivity index (χ1v) is 6.65. The number of nitrogens with zero attached hydrogens (tertiary/aromatic N) is 2. The Hall–Kier alpha value is -2.42. The summed E-state index contributed by atoms with van der Waals surface area (Å²) in [7, 11) is 0. The Morgan fingerprint density at radius 3 is 2.60 bits per heavy atom. The largest absolute Gasteiger partial charge is 0.316 e. The van der Waals surface area contributed by atoms with E-state index in [2.05, 4.69) is 4.98 Å².